The predicted octanol–water partition coefficient (Wildman–Crippen LogP) is 3.16. The molecule has 1 heterocycles. The summed E-state index contributed by atoms with van der Waals surface area (Å²) in [5.74, 6) is -0.0436. The topological polar surface area (TPSA) is 90.4 Å². The van der Waals surface area contributed by atoms with Crippen molar-refractivity contribution in [1.29, 1.82) is 0 Å². The molecule has 3 N–H and O–H groups in total. The summed E-state index contributed by atoms with van der Waals surface area (Å²) < 4.78 is 0. The Morgan fingerprint density at radius 2 is 2.08 bits per heavy atom. The van der Waals surface area contributed by atoms with Crippen molar-refractivity contribution in [3.63, 3.8) is 0 Å². The van der Waals surface area contributed by atoms with Crippen molar-refractivity contribution in [2.75, 3.05) is 0 Å². The number of aromatic hydroxyl groups is 1. The molecule has 1 aromatic heterocycles. The van der Waals surface area contributed by atoms with Crippen LogP contribution in [0, 0.1) is 0 Å². The average Bonchev–Trinajstić information content (AvgIpc) is 3.07. The predicted molar refractivity (Wildman–Crippen MR) is 93.3 cm³/mol. The normalized spacial score (nSPS) is 11.5. The SMILES string of the molecule is CC(C)c1cc(C(=O)NN=Cc2c(O)ccc3ccccc23)n[nH]1. The van der Waals surface area contributed by atoms with Gasteiger partial charge in [-0.25, -0.2) is 5.43 Å². The van der Waals surface area contributed by atoms with Crippen molar-refractivity contribution in [1.82, 2.24) is 15.6 Å². The van der Waals surface area contributed by atoms with Crippen LogP contribution in [-0.4, -0.2) is 27.4 Å². The highest BCUT2D eigenvalue weighted by molar-refractivity contribution is 6.03. The van der Waals surface area contributed by atoms with Gasteiger partial charge in [0.2, 0.25) is 0 Å². The van der Waals surface area contributed by atoms with Gasteiger partial charge in [-0.15, -0.1) is 0 Å². The van der Waals surface area contributed by atoms with E-state index in [4.69, 9.17) is 0 Å². The number of H-pyrrole nitrogens is 1. The number of aromatic amines is 1. The van der Waals surface area contributed by atoms with Crippen molar-refractivity contribution in [2.24, 2.45) is 5.10 Å². The Labute approximate surface area is 139 Å². The molecule has 0 aliphatic heterocycles. The number of carbonyl (C=O) groups is 1. The second-order valence-corrected chi connectivity index (χ2v) is 5.78. The third-order valence-corrected chi connectivity index (χ3v) is 3.76. The van der Waals surface area contributed by atoms with E-state index in [2.05, 4.69) is 20.7 Å². The molecule has 3 rings (SSSR count). The molecule has 0 radical (unpaired) electrons. The molecular formula is C18H18N4O2. The van der Waals surface area contributed by atoms with Gasteiger partial charge in [-0.2, -0.15) is 10.2 Å². The molecule has 122 valence electrons. The summed E-state index contributed by atoms with van der Waals surface area (Å²) in [5, 5.41) is 22.6. The summed E-state index contributed by atoms with van der Waals surface area (Å²) >= 11 is 0. The van der Waals surface area contributed by atoms with Crippen LogP contribution in [0.4, 0.5) is 0 Å². The quantitative estimate of drug-likeness (QED) is 0.509. The number of nitrogens with one attached hydrogen (secondary N) is 2. The maximum atomic E-state index is 12.0. The number of hydrogen-bond acceptors (Lipinski definition) is 4. The standard InChI is InChI=1S/C18H18N4O2/c1-11(2)15-9-16(21-20-15)18(24)22-19-10-14-13-6-4-3-5-12(13)7-8-17(14)23/h3-11,23H,1-2H3,(H,20,21)(H,22,24). The van der Waals surface area contributed by atoms with Crippen LogP contribution in [0.3, 0.4) is 0 Å². The van der Waals surface area contributed by atoms with Gasteiger partial charge in [-0.3, -0.25) is 9.89 Å². The number of phenols is 1. The number of hydrogen-bond donors (Lipinski definition) is 3. The van der Waals surface area contributed by atoms with Crippen LogP contribution in [-0.2, 0) is 0 Å². The summed E-state index contributed by atoms with van der Waals surface area (Å²) in [7, 11) is 0. The minimum atomic E-state index is -0.408. The molecule has 0 fully saturated rings. The van der Waals surface area contributed by atoms with Gasteiger partial charge in [-0.05, 0) is 28.8 Å². The number of nitrogens with zero attached hydrogens (tertiary/aromatic N) is 2. The third-order valence-electron chi connectivity index (χ3n) is 3.76. The highest BCUT2D eigenvalue weighted by Crippen LogP contribution is 2.25. The van der Waals surface area contributed by atoms with Gasteiger partial charge in [0.05, 0.1) is 6.21 Å². The minimum absolute atomic E-state index is 0.105. The highest BCUT2D eigenvalue weighted by atomic mass is 16.3. The molecular weight excluding hydrogens is 304 g/mol. The Morgan fingerprint density at radius 1 is 1.29 bits per heavy atom. The van der Waals surface area contributed by atoms with Crippen molar-refractivity contribution >= 4 is 22.9 Å². The third kappa shape index (κ3) is 3.12. The van der Waals surface area contributed by atoms with Crippen molar-refractivity contribution in [2.45, 2.75) is 19.8 Å². The molecule has 0 saturated carbocycles. The van der Waals surface area contributed by atoms with E-state index >= 15 is 0 Å². The van der Waals surface area contributed by atoms with Crippen LogP contribution in [0.2, 0.25) is 0 Å². The van der Waals surface area contributed by atoms with Crippen LogP contribution < -0.4 is 5.43 Å². The first-order chi connectivity index (χ1) is 11.6. The Bertz CT molecular complexity index is 912. The molecule has 0 atom stereocenters. The average molecular weight is 322 g/mol. The van der Waals surface area contributed by atoms with Crippen molar-refractivity contribution in [3.8, 4) is 5.75 Å². The molecule has 0 bridgehead atoms. The zero-order valence-corrected chi connectivity index (χ0v) is 13.4. The molecule has 2 aromatic carbocycles. The Morgan fingerprint density at radius 3 is 2.83 bits per heavy atom. The molecule has 6 nitrogen and oxygen atoms in total. The molecule has 0 saturated heterocycles. The number of phenolic OH excluding ortho intramolecular Hbond substituents is 1. The van der Waals surface area contributed by atoms with E-state index in [9.17, 15) is 9.90 Å². The van der Waals surface area contributed by atoms with Crippen LogP contribution in [0.15, 0.2) is 47.6 Å². The zero-order valence-electron chi connectivity index (χ0n) is 13.4. The van der Waals surface area contributed by atoms with Crippen molar-refractivity contribution < 1.29 is 9.90 Å². The van der Waals surface area contributed by atoms with E-state index < -0.39 is 5.91 Å². The lowest BCUT2D eigenvalue weighted by atomic mass is 10.0. The van der Waals surface area contributed by atoms with Gasteiger partial charge < -0.3 is 5.11 Å². The fraction of sp³-hybridized carbons (Fsp3) is 0.167. The Balaban J connectivity index is 1.79. The van der Waals surface area contributed by atoms with Gasteiger partial charge in [0.25, 0.3) is 5.91 Å². The molecule has 1 amide bonds. The fourth-order valence-electron chi connectivity index (χ4n) is 2.38. The van der Waals surface area contributed by atoms with E-state index in [1.807, 2.05) is 44.2 Å². The first-order valence-electron chi connectivity index (χ1n) is 7.65. The summed E-state index contributed by atoms with van der Waals surface area (Å²) in [5.41, 5.74) is 4.14. The lowest BCUT2D eigenvalue weighted by molar-refractivity contribution is 0.0950. The van der Waals surface area contributed by atoms with E-state index in [1.165, 1.54) is 6.21 Å². The Kier molecular flexibility index (Phi) is 4.29. The molecule has 3 aromatic rings. The highest BCUT2D eigenvalue weighted by Gasteiger charge is 2.11. The molecule has 24 heavy (non-hydrogen) atoms. The second-order valence-electron chi connectivity index (χ2n) is 5.78. The second kappa shape index (κ2) is 6.54. The number of amides is 1. The fourth-order valence-corrected chi connectivity index (χ4v) is 2.38. The number of rotatable bonds is 4. The zero-order chi connectivity index (χ0) is 17.1. The smallest absolute Gasteiger partial charge is 0.291 e. The largest absolute Gasteiger partial charge is 0.507 e. The number of aromatic nitrogens is 2. The van der Waals surface area contributed by atoms with Gasteiger partial charge >= 0.3 is 0 Å². The van der Waals surface area contributed by atoms with Crippen LogP contribution in [0.1, 0.15) is 41.5 Å². The molecule has 0 unspecified atom stereocenters. The number of fused-ring (bicyclic) bond motifs is 1. The van der Waals surface area contributed by atoms with Crippen LogP contribution in [0.25, 0.3) is 10.8 Å². The van der Waals surface area contributed by atoms with E-state index in [-0.39, 0.29) is 17.4 Å². The van der Waals surface area contributed by atoms with E-state index in [1.54, 1.807) is 12.1 Å². The monoisotopic (exact) mass is 322 g/mol. The minimum Gasteiger partial charge on any atom is -0.507 e. The molecule has 0 spiro atoms. The summed E-state index contributed by atoms with van der Waals surface area (Å²) in [6.45, 7) is 4.02. The summed E-state index contributed by atoms with van der Waals surface area (Å²) in [6, 6.07) is 12.8. The number of carbonyl (C=O) groups excluding carboxylic acids is 1. The lowest BCUT2D eigenvalue weighted by Crippen LogP contribution is -2.18. The Hall–Kier alpha value is -3.15. The van der Waals surface area contributed by atoms with Gasteiger partial charge in [0.15, 0.2) is 5.69 Å². The molecule has 0 aliphatic carbocycles. The van der Waals surface area contributed by atoms with Gasteiger partial charge in [0.1, 0.15) is 5.75 Å². The number of hydrazone groups is 1. The maximum absolute atomic E-state index is 12.0. The van der Waals surface area contributed by atoms with Gasteiger partial charge in [-0.1, -0.05) is 44.2 Å². The van der Waals surface area contributed by atoms with Gasteiger partial charge in [0, 0.05) is 11.3 Å². The molecule has 0 aliphatic rings. The number of benzene rings is 2. The maximum Gasteiger partial charge on any atom is 0.291 e. The van der Waals surface area contributed by atoms with E-state index in [0.29, 0.717) is 5.56 Å². The van der Waals surface area contributed by atoms with E-state index in [0.717, 1.165) is 16.5 Å². The van der Waals surface area contributed by atoms with Crippen LogP contribution in [0.5, 0.6) is 5.75 Å². The van der Waals surface area contributed by atoms with Crippen LogP contribution >= 0.6 is 0 Å². The molecule has 6 heteroatoms. The first-order valence-corrected chi connectivity index (χ1v) is 7.65. The first kappa shape index (κ1) is 15.7. The van der Waals surface area contributed by atoms with Crippen molar-refractivity contribution in [3.05, 3.63) is 59.4 Å². The lowest BCUT2D eigenvalue weighted by Gasteiger charge is -2.04. The summed E-state index contributed by atoms with van der Waals surface area (Å²) in [4.78, 5) is 12.0. The summed E-state index contributed by atoms with van der Waals surface area (Å²) in [6.07, 6.45) is 1.44.